The molecule has 1 heterocycles. The number of ether oxygens (including phenoxy) is 1. The number of hydrogen-bond acceptors (Lipinski definition) is 5. The number of anilines is 1. The first kappa shape index (κ1) is 13.3. The molecule has 0 unspecified atom stereocenters. The standard InChI is InChI=1S/C11H16N2O4S/c14-12-11-3-1-2-10(8-11)9-18(15,16)13-4-6-17-7-5-13/h1-3,8,12,14H,4-7,9H2. The van der Waals surface area contributed by atoms with E-state index in [0.717, 1.165) is 0 Å². The van der Waals surface area contributed by atoms with Gasteiger partial charge in [-0.2, -0.15) is 4.31 Å². The third kappa shape index (κ3) is 3.20. The molecule has 100 valence electrons. The van der Waals surface area contributed by atoms with Crippen molar-refractivity contribution in [1.82, 2.24) is 4.31 Å². The van der Waals surface area contributed by atoms with E-state index in [0.29, 0.717) is 37.6 Å². The van der Waals surface area contributed by atoms with Crippen LogP contribution in [0.3, 0.4) is 0 Å². The number of morpholine rings is 1. The van der Waals surface area contributed by atoms with Gasteiger partial charge in [0.05, 0.1) is 24.7 Å². The van der Waals surface area contributed by atoms with Gasteiger partial charge in [-0.25, -0.2) is 8.42 Å². The second-order valence-corrected chi connectivity index (χ2v) is 6.05. The van der Waals surface area contributed by atoms with E-state index in [9.17, 15) is 8.42 Å². The second kappa shape index (κ2) is 5.66. The number of nitrogens with one attached hydrogen (secondary N) is 1. The Balaban J connectivity index is 2.11. The van der Waals surface area contributed by atoms with E-state index in [1.165, 1.54) is 4.31 Å². The summed E-state index contributed by atoms with van der Waals surface area (Å²) in [5.41, 5.74) is 3.12. The first-order valence-electron chi connectivity index (χ1n) is 5.66. The number of rotatable bonds is 4. The van der Waals surface area contributed by atoms with Gasteiger partial charge < -0.3 is 4.74 Å². The molecule has 0 bridgehead atoms. The summed E-state index contributed by atoms with van der Waals surface area (Å²) in [4.78, 5) is 0. The van der Waals surface area contributed by atoms with Gasteiger partial charge in [0.1, 0.15) is 0 Å². The summed E-state index contributed by atoms with van der Waals surface area (Å²) in [5, 5.41) is 8.78. The minimum absolute atomic E-state index is 0.0669. The topological polar surface area (TPSA) is 78.9 Å². The van der Waals surface area contributed by atoms with Crippen LogP contribution in [0, 0.1) is 0 Å². The summed E-state index contributed by atoms with van der Waals surface area (Å²) in [5.74, 6) is -0.0669. The highest BCUT2D eigenvalue weighted by molar-refractivity contribution is 7.88. The Bertz CT molecular complexity index is 498. The van der Waals surface area contributed by atoms with Gasteiger partial charge in [0.2, 0.25) is 10.0 Å². The number of nitrogens with zero attached hydrogens (tertiary/aromatic N) is 1. The molecule has 0 amide bonds. The minimum atomic E-state index is -3.32. The number of hydrogen-bond donors (Lipinski definition) is 2. The second-order valence-electron chi connectivity index (χ2n) is 4.08. The molecule has 0 aliphatic carbocycles. The Morgan fingerprint density at radius 2 is 2.06 bits per heavy atom. The average Bonchev–Trinajstić information content (AvgIpc) is 2.39. The van der Waals surface area contributed by atoms with Crippen LogP contribution in [0.5, 0.6) is 0 Å². The van der Waals surface area contributed by atoms with E-state index in [-0.39, 0.29) is 5.75 Å². The molecule has 6 nitrogen and oxygen atoms in total. The molecule has 1 aliphatic heterocycles. The zero-order chi connectivity index (χ0) is 13.0. The molecule has 1 saturated heterocycles. The highest BCUT2D eigenvalue weighted by Crippen LogP contribution is 2.15. The largest absolute Gasteiger partial charge is 0.379 e. The predicted octanol–water partition coefficient (Wildman–Crippen LogP) is 0.650. The van der Waals surface area contributed by atoms with Crippen molar-refractivity contribution in [3.8, 4) is 0 Å². The predicted molar refractivity (Wildman–Crippen MR) is 66.9 cm³/mol. The van der Waals surface area contributed by atoms with E-state index in [2.05, 4.69) is 0 Å². The van der Waals surface area contributed by atoms with Crippen LogP contribution < -0.4 is 5.48 Å². The van der Waals surface area contributed by atoms with Crippen LogP contribution in [-0.2, 0) is 20.5 Å². The molecule has 0 aromatic heterocycles. The Kier molecular flexibility index (Phi) is 4.18. The van der Waals surface area contributed by atoms with Crippen molar-refractivity contribution >= 4 is 15.7 Å². The lowest BCUT2D eigenvalue weighted by molar-refractivity contribution is 0.0729. The fraction of sp³-hybridized carbons (Fsp3) is 0.455. The summed E-state index contributed by atoms with van der Waals surface area (Å²) in [6, 6.07) is 6.68. The molecule has 1 aliphatic rings. The maximum atomic E-state index is 12.1. The van der Waals surface area contributed by atoms with Crippen molar-refractivity contribution < 1.29 is 18.4 Å². The van der Waals surface area contributed by atoms with Gasteiger partial charge in [-0.05, 0) is 17.7 Å². The van der Waals surface area contributed by atoms with Gasteiger partial charge in [0.25, 0.3) is 0 Å². The van der Waals surface area contributed by atoms with Crippen molar-refractivity contribution in [2.75, 3.05) is 31.8 Å². The van der Waals surface area contributed by atoms with Crippen LogP contribution in [0.25, 0.3) is 0 Å². The van der Waals surface area contributed by atoms with Crippen LogP contribution in [0.1, 0.15) is 5.56 Å². The molecule has 2 N–H and O–H groups in total. The fourth-order valence-corrected chi connectivity index (χ4v) is 3.35. The Hall–Kier alpha value is -1.15. The molecular weight excluding hydrogens is 256 g/mol. The SMILES string of the molecule is O=S(=O)(Cc1cccc(NO)c1)N1CCOCC1. The molecule has 7 heteroatoms. The lowest BCUT2D eigenvalue weighted by Gasteiger charge is -2.26. The molecule has 1 aromatic rings. The van der Waals surface area contributed by atoms with E-state index in [4.69, 9.17) is 9.94 Å². The molecule has 0 atom stereocenters. The average molecular weight is 272 g/mol. The van der Waals surface area contributed by atoms with Gasteiger partial charge >= 0.3 is 0 Å². The Morgan fingerprint density at radius 1 is 1.33 bits per heavy atom. The van der Waals surface area contributed by atoms with Crippen molar-refractivity contribution in [2.24, 2.45) is 0 Å². The van der Waals surface area contributed by atoms with Crippen LogP contribution in [0.15, 0.2) is 24.3 Å². The van der Waals surface area contributed by atoms with Gasteiger partial charge in [-0.15, -0.1) is 0 Å². The van der Waals surface area contributed by atoms with E-state index in [1.54, 1.807) is 24.3 Å². The lowest BCUT2D eigenvalue weighted by atomic mass is 10.2. The highest BCUT2D eigenvalue weighted by Gasteiger charge is 2.24. The number of benzene rings is 1. The first-order valence-corrected chi connectivity index (χ1v) is 7.27. The molecule has 2 rings (SSSR count). The maximum Gasteiger partial charge on any atom is 0.218 e. The smallest absolute Gasteiger partial charge is 0.218 e. The van der Waals surface area contributed by atoms with E-state index < -0.39 is 10.0 Å². The summed E-state index contributed by atoms with van der Waals surface area (Å²) in [7, 11) is -3.32. The zero-order valence-electron chi connectivity index (χ0n) is 9.87. The Morgan fingerprint density at radius 3 is 2.72 bits per heavy atom. The molecule has 1 aromatic carbocycles. The van der Waals surface area contributed by atoms with Crippen molar-refractivity contribution in [3.05, 3.63) is 29.8 Å². The molecule has 0 radical (unpaired) electrons. The fourth-order valence-electron chi connectivity index (χ4n) is 1.86. The van der Waals surface area contributed by atoms with Gasteiger partial charge in [-0.3, -0.25) is 10.7 Å². The molecule has 1 fully saturated rings. The van der Waals surface area contributed by atoms with Crippen molar-refractivity contribution in [2.45, 2.75) is 5.75 Å². The van der Waals surface area contributed by atoms with Crippen LogP contribution in [0.2, 0.25) is 0 Å². The minimum Gasteiger partial charge on any atom is -0.379 e. The highest BCUT2D eigenvalue weighted by atomic mass is 32.2. The summed E-state index contributed by atoms with van der Waals surface area (Å²) in [6.07, 6.45) is 0. The zero-order valence-corrected chi connectivity index (χ0v) is 10.7. The molecular formula is C11H16N2O4S. The third-order valence-electron chi connectivity index (χ3n) is 2.77. The third-order valence-corrected chi connectivity index (χ3v) is 4.62. The molecule has 18 heavy (non-hydrogen) atoms. The van der Waals surface area contributed by atoms with Gasteiger partial charge in [0.15, 0.2) is 0 Å². The van der Waals surface area contributed by atoms with Gasteiger partial charge in [0, 0.05) is 13.1 Å². The number of sulfonamides is 1. The normalized spacial score (nSPS) is 17.6. The van der Waals surface area contributed by atoms with Crippen molar-refractivity contribution in [3.63, 3.8) is 0 Å². The van der Waals surface area contributed by atoms with E-state index >= 15 is 0 Å². The molecule has 0 saturated carbocycles. The first-order chi connectivity index (χ1) is 8.62. The molecule has 0 spiro atoms. The lowest BCUT2D eigenvalue weighted by Crippen LogP contribution is -2.41. The summed E-state index contributed by atoms with van der Waals surface area (Å²) < 4.78 is 30.9. The summed E-state index contributed by atoms with van der Waals surface area (Å²) >= 11 is 0. The van der Waals surface area contributed by atoms with Crippen LogP contribution >= 0.6 is 0 Å². The Labute approximate surface area is 106 Å². The summed E-state index contributed by atoms with van der Waals surface area (Å²) in [6.45, 7) is 1.69. The van der Waals surface area contributed by atoms with Gasteiger partial charge in [-0.1, -0.05) is 12.1 Å². The van der Waals surface area contributed by atoms with E-state index in [1.807, 2.05) is 5.48 Å². The maximum absolute atomic E-state index is 12.1. The van der Waals surface area contributed by atoms with Crippen LogP contribution in [0.4, 0.5) is 5.69 Å². The van der Waals surface area contributed by atoms with Crippen molar-refractivity contribution in [1.29, 1.82) is 0 Å². The van der Waals surface area contributed by atoms with Crippen LogP contribution in [-0.4, -0.2) is 44.2 Å². The monoisotopic (exact) mass is 272 g/mol. The quantitative estimate of drug-likeness (QED) is 0.787.